The van der Waals surface area contributed by atoms with E-state index in [0.717, 1.165) is 29.3 Å². The molecule has 98 valence electrons. The second kappa shape index (κ2) is 4.81. The lowest BCUT2D eigenvalue weighted by molar-refractivity contribution is 0.305. The summed E-state index contributed by atoms with van der Waals surface area (Å²) >= 11 is 3.80. The fraction of sp³-hybridized carbons (Fsp3) is 0.357. The molecule has 2 aliphatic heterocycles. The number of thioether (sulfide) groups is 1. The number of benzene rings is 1. The van der Waals surface area contributed by atoms with Crippen molar-refractivity contribution in [3.05, 3.63) is 34.2 Å². The number of nitrogens with zero attached hydrogens (tertiary/aromatic N) is 1. The van der Waals surface area contributed by atoms with Gasteiger partial charge in [0.15, 0.2) is 0 Å². The lowest BCUT2D eigenvalue weighted by Crippen LogP contribution is -2.30. The highest BCUT2D eigenvalue weighted by Crippen LogP contribution is 2.41. The Bertz CT molecular complexity index is 605. The van der Waals surface area contributed by atoms with Crippen LogP contribution in [0.15, 0.2) is 24.3 Å². The first-order chi connectivity index (χ1) is 9.42. The zero-order valence-corrected chi connectivity index (χ0v) is 12.0. The maximum Gasteiger partial charge on any atom is 0.129 e. The van der Waals surface area contributed by atoms with Gasteiger partial charge in [0.25, 0.3) is 0 Å². The average molecular weight is 290 g/mol. The van der Waals surface area contributed by atoms with Crippen molar-refractivity contribution in [3.8, 4) is 17.0 Å². The van der Waals surface area contributed by atoms with Gasteiger partial charge in [-0.1, -0.05) is 12.1 Å². The van der Waals surface area contributed by atoms with Crippen molar-refractivity contribution in [2.75, 3.05) is 18.1 Å². The Kier molecular flexibility index (Phi) is 2.98. The summed E-state index contributed by atoms with van der Waals surface area (Å²) in [4.78, 5) is 6.13. The maximum absolute atomic E-state index is 5.80. The summed E-state index contributed by atoms with van der Waals surface area (Å²) in [6.45, 7) is 1.73. The minimum atomic E-state index is 0.404. The number of rotatable bonds is 1. The molecule has 4 rings (SSSR count). The molecule has 2 aromatic rings. The first-order valence-corrected chi connectivity index (χ1v) is 8.42. The Hall–Kier alpha value is -1.04. The van der Waals surface area contributed by atoms with Crippen molar-refractivity contribution < 1.29 is 4.74 Å². The molecule has 1 saturated heterocycles. The standard InChI is InChI=1S/C14H14N2OS2/c1-2-4-11-9(3-1)13-12(7-17-11)19-14(16-13)10-8-18-6-5-15-10/h1-4,10,15H,5-8H2. The molecule has 0 aliphatic carbocycles. The summed E-state index contributed by atoms with van der Waals surface area (Å²) in [5.41, 5.74) is 2.26. The fourth-order valence-electron chi connectivity index (χ4n) is 2.48. The van der Waals surface area contributed by atoms with Crippen LogP contribution in [-0.4, -0.2) is 23.0 Å². The van der Waals surface area contributed by atoms with Crippen LogP contribution in [0.25, 0.3) is 11.3 Å². The fourth-order valence-corrected chi connectivity index (χ4v) is 4.60. The molecular weight excluding hydrogens is 276 g/mol. The molecule has 0 radical (unpaired) electrons. The Morgan fingerprint density at radius 3 is 3.16 bits per heavy atom. The monoisotopic (exact) mass is 290 g/mol. The second-order valence-electron chi connectivity index (χ2n) is 4.69. The zero-order chi connectivity index (χ0) is 12.7. The van der Waals surface area contributed by atoms with Crippen LogP contribution in [0.5, 0.6) is 5.75 Å². The number of aromatic nitrogens is 1. The third-order valence-electron chi connectivity index (χ3n) is 3.43. The lowest BCUT2D eigenvalue weighted by Gasteiger charge is -2.20. The molecule has 0 saturated carbocycles. The molecular formula is C14H14N2OS2. The van der Waals surface area contributed by atoms with Crippen LogP contribution in [0.1, 0.15) is 15.9 Å². The third-order valence-corrected chi connectivity index (χ3v) is 5.64. The van der Waals surface area contributed by atoms with Crippen LogP contribution in [-0.2, 0) is 6.61 Å². The van der Waals surface area contributed by atoms with E-state index in [1.165, 1.54) is 15.6 Å². The molecule has 19 heavy (non-hydrogen) atoms. The van der Waals surface area contributed by atoms with E-state index >= 15 is 0 Å². The Balaban J connectivity index is 1.74. The number of thiazole rings is 1. The van der Waals surface area contributed by atoms with Crippen LogP contribution in [0.2, 0.25) is 0 Å². The van der Waals surface area contributed by atoms with E-state index in [2.05, 4.69) is 11.4 Å². The molecule has 2 aliphatic rings. The SMILES string of the molecule is c1ccc2c(c1)OCc1sc(C3CSCCN3)nc1-2. The van der Waals surface area contributed by atoms with Crippen molar-refractivity contribution in [2.24, 2.45) is 0 Å². The van der Waals surface area contributed by atoms with Crippen molar-refractivity contribution >= 4 is 23.1 Å². The van der Waals surface area contributed by atoms with Crippen LogP contribution in [0.4, 0.5) is 0 Å². The highest BCUT2D eigenvalue weighted by molar-refractivity contribution is 7.99. The molecule has 1 unspecified atom stereocenters. The van der Waals surface area contributed by atoms with Gasteiger partial charge < -0.3 is 10.1 Å². The van der Waals surface area contributed by atoms with Gasteiger partial charge in [0, 0.05) is 23.6 Å². The van der Waals surface area contributed by atoms with E-state index in [4.69, 9.17) is 9.72 Å². The van der Waals surface area contributed by atoms with Crippen LogP contribution in [0, 0.1) is 0 Å². The van der Waals surface area contributed by atoms with Crippen molar-refractivity contribution in [1.29, 1.82) is 0 Å². The van der Waals surface area contributed by atoms with Crippen molar-refractivity contribution in [2.45, 2.75) is 12.6 Å². The highest BCUT2D eigenvalue weighted by atomic mass is 32.2. The van der Waals surface area contributed by atoms with Gasteiger partial charge in [-0.05, 0) is 12.1 Å². The van der Waals surface area contributed by atoms with Crippen LogP contribution < -0.4 is 10.1 Å². The third kappa shape index (κ3) is 2.06. The highest BCUT2D eigenvalue weighted by Gasteiger charge is 2.25. The number of ether oxygens (including phenoxy) is 1. The number of hydrogen-bond acceptors (Lipinski definition) is 5. The van der Waals surface area contributed by atoms with Gasteiger partial charge in [0.05, 0.1) is 16.6 Å². The van der Waals surface area contributed by atoms with Gasteiger partial charge in [-0.25, -0.2) is 4.98 Å². The number of nitrogens with one attached hydrogen (secondary N) is 1. The zero-order valence-electron chi connectivity index (χ0n) is 10.4. The molecule has 3 heterocycles. The lowest BCUT2D eigenvalue weighted by atomic mass is 10.1. The molecule has 5 heteroatoms. The Morgan fingerprint density at radius 2 is 2.26 bits per heavy atom. The Morgan fingerprint density at radius 1 is 1.32 bits per heavy atom. The van der Waals surface area contributed by atoms with Crippen LogP contribution in [0.3, 0.4) is 0 Å². The average Bonchev–Trinajstić information content (AvgIpc) is 2.93. The van der Waals surface area contributed by atoms with E-state index in [1.54, 1.807) is 11.3 Å². The molecule has 1 aromatic carbocycles. The van der Waals surface area contributed by atoms with Gasteiger partial charge in [-0.15, -0.1) is 11.3 Å². The molecule has 0 bridgehead atoms. The van der Waals surface area contributed by atoms with E-state index < -0.39 is 0 Å². The maximum atomic E-state index is 5.80. The molecule has 1 N–H and O–H groups in total. The van der Waals surface area contributed by atoms with Gasteiger partial charge in [-0.3, -0.25) is 0 Å². The molecule has 1 fully saturated rings. The summed E-state index contributed by atoms with van der Waals surface area (Å²) in [7, 11) is 0. The van der Waals surface area contributed by atoms with Gasteiger partial charge in [-0.2, -0.15) is 11.8 Å². The van der Waals surface area contributed by atoms with Gasteiger partial charge >= 0.3 is 0 Å². The van der Waals surface area contributed by atoms with Gasteiger partial charge in [0.1, 0.15) is 17.4 Å². The quantitative estimate of drug-likeness (QED) is 0.875. The molecule has 0 spiro atoms. The normalized spacial score (nSPS) is 21.4. The molecule has 1 aromatic heterocycles. The summed E-state index contributed by atoms with van der Waals surface area (Å²) < 4.78 is 5.80. The molecule has 3 nitrogen and oxygen atoms in total. The summed E-state index contributed by atoms with van der Waals surface area (Å²) in [5, 5.41) is 4.76. The first kappa shape index (κ1) is 11.8. The largest absolute Gasteiger partial charge is 0.487 e. The topological polar surface area (TPSA) is 34.1 Å². The van der Waals surface area contributed by atoms with Crippen molar-refractivity contribution in [3.63, 3.8) is 0 Å². The second-order valence-corrected chi connectivity index (χ2v) is 6.96. The van der Waals surface area contributed by atoms with E-state index in [9.17, 15) is 0 Å². The predicted molar refractivity (Wildman–Crippen MR) is 80.0 cm³/mol. The van der Waals surface area contributed by atoms with E-state index in [-0.39, 0.29) is 0 Å². The molecule has 1 atom stereocenters. The number of para-hydroxylation sites is 1. The summed E-state index contributed by atoms with van der Waals surface area (Å²) in [5.74, 6) is 3.28. The van der Waals surface area contributed by atoms with E-state index in [0.29, 0.717) is 12.6 Å². The van der Waals surface area contributed by atoms with Crippen molar-refractivity contribution in [1.82, 2.24) is 10.3 Å². The minimum absolute atomic E-state index is 0.404. The summed E-state index contributed by atoms with van der Waals surface area (Å²) in [6.07, 6.45) is 0. The van der Waals surface area contributed by atoms with Gasteiger partial charge in [0.2, 0.25) is 0 Å². The molecule has 0 amide bonds. The predicted octanol–water partition coefficient (Wildman–Crippen LogP) is 3.08. The number of fused-ring (bicyclic) bond motifs is 3. The van der Waals surface area contributed by atoms with E-state index in [1.807, 2.05) is 30.0 Å². The Labute approximate surface area is 120 Å². The minimum Gasteiger partial charge on any atom is -0.487 e. The first-order valence-electron chi connectivity index (χ1n) is 6.45. The summed E-state index contributed by atoms with van der Waals surface area (Å²) in [6, 6.07) is 8.58. The smallest absolute Gasteiger partial charge is 0.129 e. The van der Waals surface area contributed by atoms with Crippen LogP contribution >= 0.6 is 23.1 Å². The number of hydrogen-bond donors (Lipinski definition) is 1.